The molecule has 0 spiro atoms. The van der Waals surface area contributed by atoms with Crippen LogP contribution in [0.25, 0.3) is 0 Å². The first-order chi connectivity index (χ1) is 9.02. The van der Waals surface area contributed by atoms with Gasteiger partial charge in [-0.05, 0) is 56.0 Å². The van der Waals surface area contributed by atoms with E-state index in [0.29, 0.717) is 0 Å². The minimum atomic E-state index is 0.815. The maximum absolute atomic E-state index is 3.60. The van der Waals surface area contributed by atoms with Gasteiger partial charge in [0.25, 0.3) is 0 Å². The molecule has 3 atom stereocenters. The van der Waals surface area contributed by atoms with Gasteiger partial charge in [0.05, 0.1) is 0 Å². The summed E-state index contributed by atoms with van der Waals surface area (Å²) in [4.78, 5) is 2.90. The van der Waals surface area contributed by atoms with E-state index in [1.807, 2.05) is 0 Å². The van der Waals surface area contributed by atoms with Crippen molar-refractivity contribution >= 4 is 0 Å². The molecule has 0 amide bonds. The molecule has 2 saturated heterocycles. The van der Waals surface area contributed by atoms with Crippen molar-refractivity contribution in [2.45, 2.75) is 66.0 Å². The molecule has 0 aromatic carbocycles. The molecule has 0 bridgehead atoms. The highest BCUT2D eigenvalue weighted by molar-refractivity contribution is 5.00. The molecular weight excluding hydrogens is 232 g/mol. The van der Waals surface area contributed by atoms with Gasteiger partial charge < -0.3 is 5.32 Å². The Labute approximate surface area is 120 Å². The predicted molar refractivity (Wildman–Crippen MR) is 83.3 cm³/mol. The van der Waals surface area contributed by atoms with Crippen LogP contribution in [-0.2, 0) is 0 Å². The third kappa shape index (κ3) is 3.52. The van der Waals surface area contributed by atoms with E-state index in [1.165, 1.54) is 38.9 Å². The minimum absolute atomic E-state index is 0.815. The summed E-state index contributed by atoms with van der Waals surface area (Å²) >= 11 is 0. The SMILES string of the molecule is CCC1C2CNCC2CN1C(CC(C)C)CC(C)C. The standard InChI is InChI=1S/C17H34N2/c1-6-17-16-10-18-9-14(16)11-19(17)15(7-12(2)3)8-13(4)5/h12-18H,6-11H2,1-5H3. The second kappa shape index (κ2) is 6.58. The minimum Gasteiger partial charge on any atom is -0.316 e. The molecule has 1 N–H and O–H groups in total. The van der Waals surface area contributed by atoms with Crippen LogP contribution in [0.5, 0.6) is 0 Å². The van der Waals surface area contributed by atoms with Crippen molar-refractivity contribution in [1.82, 2.24) is 10.2 Å². The fourth-order valence-electron chi connectivity index (χ4n) is 4.47. The summed E-state index contributed by atoms with van der Waals surface area (Å²) in [5, 5.41) is 3.60. The Balaban J connectivity index is 2.07. The van der Waals surface area contributed by atoms with Gasteiger partial charge in [-0.1, -0.05) is 34.6 Å². The molecule has 2 aliphatic heterocycles. The van der Waals surface area contributed by atoms with E-state index in [9.17, 15) is 0 Å². The van der Waals surface area contributed by atoms with E-state index in [0.717, 1.165) is 35.8 Å². The van der Waals surface area contributed by atoms with Crippen molar-refractivity contribution in [3.63, 3.8) is 0 Å². The van der Waals surface area contributed by atoms with E-state index in [2.05, 4.69) is 44.8 Å². The zero-order valence-corrected chi connectivity index (χ0v) is 13.7. The number of likely N-dealkylation sites (tertiary alicyclic amines) is 1. The third-order valence-electron chi connectivity index (χ3n) is 5.13. The van der Waals surface area contributed by atoms with E-state index in [-0.39, 0.29) is 0 Å². The van der Waals surface area contributed by atoms with Crippen LogP contribution in [0.2, 0.25) is 0 Å². The smallest absolute Gasteiger partial charge is 0.0140 e. The highest BCUT2D eigenvalue weighted by atomic mass is 15.2. The summed E-state index contributed by atoms with van der Waals surface area (Å²) in [5.74, 6) is 3.48. The zero-order valence-electron chi connectivity index (χ0n) is 13.7. The van der Waals surface area contributed by atoms with Crippen molar-refractivity contribution in [2.24, 2.45) is 23.7 Å². The molecule has 2 heterocycles. The summed E-state index contributed by atoms with van der Waals surface area (Å²) in [5.41, 5.74) is 0. The molecule has 19 heavy (non-hydrogen) atoms. The Morgan fingerprint density at radius 1 is 1.05 bits per heavy atom. The molecule has 3 unspecified atom stereocenters. The first kappa shape index (κ1) is 15.3. The number of hydrogen-bond acceptors (Lipinski definition) is 2. The van der Waals surface area contributed by atoms with Crippen molar-refractivity contribution in [3.05, 3.63) is 0 Å². The summed E-state index contributed by atoms with van der Waals surface area (Å²) < 4.78 is 0. The lowest BCUT2D eigenvalue weighted by molar-refractivity contribution is 0.119. The van der Waals surface area contributed by atoms with Crippen LogP contribution in [0, 0.1) is 23.7 Å². The fraction of sp³-hybridized carbons (Fsp3) is 1.00. The van der Waals surface area contributed by atoms with E-state index >= 15 is 0 Å². The second-order valence-corrected chi connectivity index (χ2v) is 7.67. The Hall–Kier alpha value is -0.0800. The van der Waals surface area contributed by atoms with Crippen LogP contribution in [-0.4, -0.2) is 36.6 Å². The van der Waals surface area contributed by atoms with Crippen molar-refractivity contribution in [3.8, 4) is 0 Å². The van der Waals surface area contributed by atoms with E-state index in [1.54, 1.807) is 0 Å². The molecule has 2 aliphatic rings. The maximum Gasteiger partial charge on any atom is 0.0140 e. The number of nitrogens with one attached hydrogen (secondary N) is 1. The van der Waals surface area contributed by atoms with Crippen LogP contribution < -0.4 is 5.32 Å². The van der Waals surface area contributed by atoms with Gasteiger partial charge in [0.15, 0.2) is 0 Å². The van der Waals surface area contributed by atoms with Gasteiger partial charge in [-0.2, -0.15) is 0 Å². The Morgan fingerprint density at radius 2 is 1.68 bits per heavy atom. The molecule has 0 aliphatic carbocycles. The summed E-state index contributed by atoms with van der Waals surface area (Å²) in [6, 6.07) is 1.65. The van der Waals surface area contributed by atoms with Gasteiger partial charge in [0.2, 0.25) is 0 Å². The highest BCUT2D eigenvalue weighted by Crippen LogP contribution is 2.37. The van der Waals surface area contributed by atoms with Gasteiger partial charge in [0, 0.05) is 18.6 Å². The molecule has 112 valence electrons. The quantitative estimate of drug-likeness (QED) is 0.793. The third-order valence-corrected chi connectivity index (χ3v) is 5.13. The molecule has 2 rings (SSSR count). The highest BCUT2D eigenvalue weighted by Gasteiger charge is 2.45. The van der Waals surface area contributed by atoms with Crippen LogP contribution in [0.15, 0.2) is 0 Å². The average molecular weight is 266 g/mol. The average Bonchev–Trinajstić information content (AvgIpc) is 2.85. The van der Waals surface area contributed by atoms with Crippen molar-refractivity contribution in [2.75, 3.05) is 19.6 Å². The molecule has 2 heteroatoms. The van der Waals surface area contributed by atoms with Crippen LogP contribution in [0.4, 0.5) is 0 Å². The molecule has 0 aromatic rings. The van der Waals surface area contributed by atoms with Crippen LogP contribution in [0.3, 0.4) is 0 Å². The largest absolute Gasteiger partial charge is 0.316 e. The maximum atomic E-state index is 3.60. The van der Waals surface area contributed by atoms with E-state index in [4.69, 9.17) is 0 Å². The van der Waals surface area contributed by atoms with Crippen LogP contribution >= 0.6 is 0 Å². The van der Waals surface area contributed by atoms with E-state index < -0.39 is 0 Å². The monoisotopic (exact) mass is 266 g/mol. The molecule has 0 aromatic heterocycles. The van der Waals surface area contributed by atoms with Gasteiger partial charge in [-0.15, -0.1) is 0 Å². The van der Waals surface area contributed by atoms with Gasteiger partial charge in [0.1, 0.15) is 0 Å². The molecular formula is C17H34N2. The van der Waals surface area contributed by atoms with Crippen LogP contribution in [0.1, 0.15) is 53.9 Å². The molecule has 2 nitrogen and oxygen atoms in total. The summed E-state index contributed by atoms with van der Waals surface area (Å²) in [7, 11) is 0. The summed E-state index contributed by atoms with van der Waals surface area (Å²) in [6.45, 7) is 15.8. The molecule has 2 fully saturated rings. The normalized spacial score (nSPS) is 31.9. The topological polar surface area (TPSA) is 15.3 Å². The number of hydrogen-bond donors (Lipinski definition) is 1. The summed E-state index contributed by atoms with van der Waals surface area (Å²) in [6.07, 6.45) is 4.08. The zero-order chi connectivity index (χ0) is 14.0. The first-order valence-electron chi connectivity index (χ1n) is 8.49. The molecule has 0 saturated carbocycles. The second-order valence-electron chi connectivity index (χ2n) is 7.67. The number of nitrogens with zero attached hydrogens (tertiary/aromatic N) is 1. The van der Waals surface area contributed by atoms with Gasteiger partial charge in [-0.3, -0.25) is 4.90 Å². The predicted octanol–water partition coefficient (Wildman–Crippen LogP) is 3.38. The lowest BCUT2D eigenvalue weighted by Gasteiger charge is -2.36. The molecule has 0 radical (unpaired) electrons. The van der Waals surface area contributed by atoms with Gasteiger partial charge >= 0.3 is 0 Å². The Bertz CT molecular complexity index is 264. The number of rotatable bonds is 6. The fourth-order valence-corrected chi connectivity index (χ4v) is 4.47. The number of fused-ring (bicyclic) bond motifs is 1. The Kier molecular flexibility index (Phi) is 5.30. The first-order valence-corrected chi connectivity index (χ1v) is 8.49. The Morgan fingerprint density at radius 3 is 2.21 bits per heavy atom. The lowest BCUT2D eigenvalue weighted by Crippen LogP contribution is -2.43. The van der Waals surface area contributed by atoms with Crippen molar-refractivity contribution < 1.29 is 0 Å². The van der Waals surface area contributed by atoms with Gasteiger partial charge in [-0.25, -0.2) is 0 Å². The van der Waals surface area contributed by atoms with Crippen molar-refractivity contribution in [1.29, 1.82) is 0 Å². The lowest BCUT2D eigenvalue weighted by atomic mass is 9.91.